The van der Waals surface area contributed by atoms with E-state index in [0.717, 1.165) is 23.0 Å². The molecular formula is C15H14N2O2. The number of carbonyl (C=O) groups is 1. The number of aromatic amines is 1. The number of carbonyl (C=O) groups excluding carboxylic acids is 1. The summed E-state index contributed by atoms with van der Waals surface area (Å²) in [4.78, 5) is 17.6. The van der Waals surface area contributed by atoms with Crippen molar-refractivity contribution in [1.82, 2.24) is 4.98 Å². The third kappa shape index (κ3) is 1.49. The highest BCUT2D eigenvalue weighted by Gasteiger charge is 2.39. The first kappa shape index (κ1) is 10.7. The van der Waals surface area contributed by atoms with Crippen LogP contribution in [0.4, 0.5) is 5.69 Å². The number of hydrogen-bond donors (Lipinski definition) is 1. The number of para-hydroxylation sites is 1. The summed E-state index contributed by atoms with van der Waals surface area (Å²) in [6.07, 6.45) is 6.36. The van der Waals surface area contributed by atoms with E-state index in [4.69, 9.17) is 4.74 Å². The summed E-state index contributed by atoms with van der Waals surface area (Å²) in [6, 6.07) is 8.05. The van der Waals surface area contributed by atoms with E-state index in [-0.39, 0.29) is 17.9 Å². The summed E-state index contributed by atoms with van der Waals surface area (Å²) in [7, 11) is 0. The number of benzene rings is 1. The SMILES string of the molecule is O=C1[C@H]2C=CO[C@H]2CCN1c1c[nH]c2ccccc12. The predicted molar refractivity (Wildman–Crippen MR) is 72.8 cm³/mol. The number of hydrogen-bond acceptors (Lipinski definition) is 2. The van der Waals surface area contributed by atoms with Gasteiger partial charge in [0.1, 0.15) is 6.10 Å². The fourth-order valence-corrected chi connectivity index (χ4v) is 2.99. The Kier molecular flexibility index (Phi) is 2.18. The van der Waals surface area contributed by atoms with E-state index in [0.29, 0.717) is 6.54 Å². The van der Waals surface area contributed by atoms with Crippen molar-refractivity contribution in [2.45, 2.75) is 12.5 Å². The largest absolute Gasteiger partial charge is 0.497 e. The van der Waals surface area contributed by atoms with Crippen LogP contribution >= 0.6 is 0 Å². The number of nitrogens with one attached hydrogen (secondary N) is 1. The summed E-state index contributed by atoms with van der Waals surface area (Å²) in [5.74, 6) is 0.0113. The van der Waals surface area contributed by atoms with Crippen molar-refractivity contribution in [3.8, 4) is 0 Å². The standard InChI is InChI=1S/C15H14N2O2/c18-15-11-6-8-19-14(11)5-7-17(15)13-9-16-12-4-2-1-3-10(12)13/h1-4,6,8-9,11,14,16H,5,7H2/t11-,14-/m0/s1. The zero-order valence-electron chi connectivity index (χ0n) is 10.4. The maximum atomic E-state index is 12.5. The van der Waals surface area contributed by atoms with Crippen LogP contribution in [0.5, 0.6) is 0 Å². The monoisotopic (exact) mass is 254 g/mol. The lowest BCUT2D eigenvalue weighted by molar-refractivity contribution is -0.125. The molecule has 2 aliphatic heterocycles. The number of anilines is 1. The summed E-state index contributed by atoms with van der Waals surface area (Å²) in [5, 5.41) is 1.09. The van der Waals surface area contributed by atoms with E-state index in [1.54, 1.807) is 6.26 Å². The highest BCUT2D eigenvalue weighted by atomic mass is 16.5. The molecular weight excluding hydrogens is 240 g/mol. The number of rotatable bonds is 1. The van der Waals surface area contributed by atoms with Gasteiger partial charge in [0.25, 0.3) is 0 Å². The van der Waals surface area contributed by atoms with Crippen LogP contribution in [0.15, 0.2) is 42.8 Å². The van der Waals surface area contributed by atoms with Gasteiger partial charge < -0.3 is 14.6 Å². The fraction of sp³-hybridized carbons (Fsp3) is 0.267. The van der Waals surface area contributed by atoms with E-state index < -0.39 is 0 Å². The van der Waals surface area contributed by atoms with Crippen molar-refractivity contribution in [2.24, 2.45) is 5.92 Å². The van der Waals surface area contributed by atoms with Crippen LogP contribution < -0.4 is 4.90 Å². The first-order valence-electron chi connectivity index (χ1n) is 6.54. The van der Waals surface area contributed by atoms with Gasteiger partial charge in [0.05, 0.1) is 17.9 Å². The van der Waals surface area contributed by atoms with E-state index in [1.165, 1.54) is 0 Å². The van der Waals surface area contributed by atoms with Gasteiger partial charge in [-0.15, -0.1) is 0 Å². The Morgan fingerprint density at radius 3 is 3.16 bits per heavy atom. The van der Waals surface area contributed by atoms with Crippen LogP contribution in [-0.2, 0) is 9.53 Å². The van der Waals surface area contributed by atoms with Gasteiger partial charge in [0, 0.05) is 30.1 Å². The minimum Gasteiger partial charge on any atom is -0.497 e. The Bertz CT molecular complexity index is 674. The summed E-state index contributed by atoms with van der Waals surface area (Å²) in [6.45, 7) is 0.712. The lowest BCUT2D eigenvalue weighted by Crippen LogP contribution is -2.46. The Morgan fingerprint density at radius 1 is 1.32 bits per heavy atom. The van der Waals surface area contributed by atoms with Crippen molar-refractivity contribution in [3.63, 3.8) is 0 Å². The quantitative estimate of drug-likeness (QED) is 0.849. The number of fused-ring (bicyclic) bond motifs is 2. The molecule has 2 aromatic rings. The summed E-state index contributed by atoms with van der Waals surface area (Å²) < 4.78 is 5.44. The molecule has 1 amide bonds. The highest BCUT2D eigenvalue weighted by Crippen LogP contribution is 2.34. The number of ether oxygens (including phenoxy) is 1. The number of aromatic nitrogens is 1. The molecule has 3 heterocycles. The van der Waals surface area contributed by atoms with Crippen LogP contribution in [0.2, 0.25) is 0 Å². The lowest BCUT2D eigenvalue weighted by atomic mass is 9.94. The van der Waals surface area contributed by atoms with E-state index in [1.807, 2.05) is 41.4 Å². The van der Waals surface area contributed by atoms with Gasteiger partial charge in [-0.25, -0.2) is 0 Å². The van der Waals surface area contributed by atoms with Crippen LogP contribution in [0.25, 0.3) is 10.9 Å². The second-order valence-electron chi connectivity index (χ2n) is 5.03. The van der Waals surface area contributed by atoms with Crippen molar-refractivity contribution in [1.29, 1.82) is 0 Å². The molecule has 1 N–H and O–H groups in total. The molecule has 0 bridgehead atoms. The maximum Gasteiger partial charge on any atom is 0.237 e. The fourth-order valence-electron chi connectivity index (χ4n) is 2.99. The Morgan fingerprint density at radius 2 is 2.21 bits per heavy atom. The Hall–Kier alpha value is -2.23. The van der Waals surface area contributed by atoms with Gasteiger partial charge in [-0.3, -0.25) is 4.79 Å². The predicted octanol–water partition coefficient (Wildman–Crippen LogP) is 2.43. The molecule has 0 unspecified atom stereocenters. The average molecular weight is 254 g/mol. The number of nitrogens with zero attached hydrogens (tertiary/aromatic N) is 1. The smallest absolute Gasteiger partial charge is 0.237 e. The van der Waals surface area contributed by atoms with Gasteiger partial charge in [-0.1, -0.05) is 18.2 Å². The molecule has 4 nitrogen and oxygen atoms in total. The molecule has 19 heavy (non-hydrogen) atoms. The molecule has 1 aromatic carbocycles. The van der Waals surface area contributed by atoms with Crippen molar-refractivity contribution in [2.75, 3.05) is 11.4 Å². The zero-order valence-corrected chi connectivity index (χ0v) is 10.4. The first-order chi connectivity index (χ1) is 9.34. The van der Waals surface area contributed by atoms with E-state index >= 15 is 0 Å². The van der Waals surface area contributed by atoms with E-state index in [9.17, 15) is 4.79 Å². The number of amides is 1. The number of piperidine rings is 1. The van der Waals surface area contributed by atoms with Crippen LogP contribution in [-0.4, -0.2) is 23.5 Å². The van der Waals surface area contributed by atoms with E-state index in [2.05, 4.69) is 4.98 Å². The molecule has 1 saturated heterocycles. The second-order valence-corrected chi connectivity index (χ2v) is 5.03. The average Bonchev–Trinajstić information content (AvgIpc) is 3.06. The Labute approximate surface area is 110 Å². The Balaban J connectivity index is 1.76. The van der Waals surface area contributed by atoms with Gasteiger partial charge in [-0.2, -0.15) is 0 Å². The third-order valence-electron chi connectivity index (χ3n) is 3.99. The molecule has 1 fully saturated rings. The zero-order chi connectivity index (χ0) is 12.8. The molecule has 2 atom stereocenters. The molecule has 0 spiro atoms. The van der Waals surface area contributed by atoms with Crippen molar-refractivity contribution >= 4 is 22.5 Å². The van der Waals surface area contributed by atoms with Crippen molar-refractivity contribution in [3.05, 3.63) is 42.8 Å². The van der Waals surface area contributed by atoms with Gasteiger partial charge in [0.2, 0.25) is 5.91 Å². The highest BCUT2D eigenvalue weighted by molar-refractivity contribution is 6.05. The van der Waals surface area contributed by atoms with Crippen LogP contribution in [0.1, 0.15) is 6.42 Å². The molecule has 4 heteroatoms. The lowest BCUT2D eigenvalue weighted by Gasteiger charge is -2.33. The number of H-pyrrole nitrogens is 1. The molecule has 0 aliphatic carbocycles. The van der Waals surface area contributed by atoms with Gasteiger partial charge >= 0.3 is 0 Å². The summed E-state index contributed by atoms with van der Waals surface area (Å²) >= 11 is 0. The topological polar surface area (TPSA) is 45.3 Å². The first-order valence-corrected chi connectivity index (χ1v) is 6.54. The summed E-state index contributed by atoms with van der Waals surface area (Å²) in [5.41, 5.74) is 2.03. The van der Waals surface area contributed by atoms with Gasteiger partial charge in [0.15, 0.2) is 0 Å². The third-order valence-corrected chi connectivity index (χ3v) is 3.99. The minimum absolute atomic E-state index is 0.0361. The molecule has 4 rings (SSSR count). The molecule has 0 saturated carbocycles. The molecule has 2 aliphatic rings. The van der Waals surface area contributed by atoms with Crippen molar-refractivity contribution < 1.29 is 9.53 Å². The minimum atomic E-state index is -0.123. The second kappa shape index (κ2) is 3.88. The van der Waals surface area contributed by atoms with Gasteiger partial charge in [-0.05, 0) is 12.1 Å². The molecule has 96 valence electrons. The van der Waals surface area contributed by atoms with Crippen LogP contribution in [0, 0.1) is 5.92 Å². The maximum absolute atomic E-state index is 12.5. The molecule has 0 radical (unpaired) electrons. The molecule has 1 aromatic heterocycles. The normalized spacial score (nSPS) is 25.7. The van der Waals surface area contributed by atoms with Crippen LogP contribution in [0.3, 0.4) is 0 Å².